The predicted molar refractivity (Wildman–Crippen MR) is 166 cm³/mol. The number of aryl methyl sites for hydroxylation is 4. The summed E-state index contributed by atoms with van der Waals surface area (Å²) in [6.07, 6.45) is 5.01. The first kappa shape index (κ1) is 31.7. The predicted octanol–water partition coefficient (Wildman–Crippen LogP) is 7.77. The van der Waals surface area contributed by atoms with Gasteiger partial charge in [-0.15, -0.1) is 0 Å². The number of rotatable bonds is 10. The quantitative estimate of drug-likeness (QED) is 0.112. The van der Waals surface area contributed by atoms with E-state index < -0.39 is 0 Å². The molecule has 2 aromatic heterocycles. The lowest BCUT2D eigenvalue weighted by Gasteiger charge is -2.24. The Hall–Kier alpha value is -3.50. The third kappa shape index (κ3) is 8.24. The SMILES string of the molecule is Cc1cc(N(C)CCCN(C)c2ccc(N=Nc3scc[n+]3C)c(C)c2)ccc1N=Nc1scc[n+]1C.[CH3-].[CH3-]. The summed E-state index contributed by atoms with van der Waals surface area (Å²) in [5, 5.41) is 23.4. The summed E-state index contributed by atoms with van der Waals surface area (Å²) in [6.45, 7) is 6.08. The van der Waals surface area contributed by atoms with Crippen molar-refractivity contribution in [3.8, 4) is 0 Å². The van der Waals surface area contributed by atoms with Gasteiger partial charge in [0.2, 0.25) is 0 Å². The molecular formula is C29H40N8S2. The minimum Gasteiger partial charge on any atom is -0.375 e. The van der Waals surface area contributed by atoms with Gasteiger partial charge in [0.15, 0.2) is 0 Å². The second-order valence-corrected chi connectivity index (χ2v) is 10.9. The van der Waals surface area contributed by atoms with E-state index in [-0.39, 0.29) is 14.9 Å². The molecule has 0 saturated heterocycles. The van der Waals surface area contributed by atoms with Crippen LogP contribution in [0.25, 0.3) is 0 Å². The summed E-state index contributed by atoms with van der Waals surface area (Å²) in [6, 6.07) is 12.7. The van der Waals surface area contributed by atoms with Gasteiger partial charge in [-0.3, -0.25) is 0 Å². The third-order valence-corrected chi connectivity index (χ3v) is 7.91. The Labute approximate surface area is 241 Å². The van der Waals surface area contributed by atoms with Crippen molar-refractivity contribution in [1.82, 2.24) is 0 Å². The van der Waals surface area contributed by atoms with Gasteiger partial charge in [0, 0.05) is 49.3 Å². The fourth-order valence-electron chi connectivity index (χ4n) is 3.82. The van der Waals surface area contributed by atoms with Crippen LogP contribution in [0.1, 0.15) is 17.5 Å². The molecule has 2 aromatic carbocycles. The van der Waals surface area contributed by atoms with Crippen LogP contribution in [0.3, 0.4) is 0 Å². The number of thiazole rings is 2. The zero-order valence-corrected chi connectivity index (χ0v) is 25.9. The molecule has 4 rings (SSSR count). The number of anilines is 2. The molecule has 2 heterocycles. The highest BCUT2D eigenvalue weighted by Crippen LogP contribution is 2.28. The third-order valence-electron chi connectivity index (χ3n) is 6.24. The molecular weight excluding hydrogens is 525 g/mol. The Morgan fingerprint density at radius 1 is 0.667 bits per heavy atom. The van der Waals surface area contributed by atoms with Crippen LogP contribution in [0.2, 0.25) is 0 Å². The molecule has 0 aliphatic heterocycles. The van der Waals surface area contributed by atoms with Crippen LogP contribution in [0.5, 0.6) is 0 Å². The maximum Gasteiger partial charge on any atom is 0.408 e. The lowest BCUT2D eigenvalue weighted by atomic mass is 10.1. The molecule has 0 radical (unpaired) electrons. The molecule has 0 amide bonds. The Morgan fingerprint density at radius 3 is 1.41 bits per heavy atom. The topological polar surface area (TPSA) is 63.7 Å². The molecule has 0 unspecified atom stereocenters. The van der Waals surface area contributed by atoms with E-state index in [0.29, 0.717) is 0 Å². The van der Waals surface area contributed by atoms with Gasteiger partial charge >= 0.3 is 10.3 Å². The number of azo groups is 2. The zero-order valence-electron chi connectivity index (χ0n) is 24.3. The molecule has 0 atom stereocenters. The van der Waals surface area contributed by atoms with E-state index in [0.717, 1.165) is 52.3 Å². The van der Waals surface area contributed by atoms with Gasteiger partial charge in [0.05, 0.1) is 24.3 Å². The monoisotopic (exact) mass is 564 g/mol. The fourth-order valence-corrected chi connectivity index (χ4v) is 5.18. The number of hydrogen-bond donors (Lipinski definition) is 0. The highest BCUT2D eigenvalue weighted by molar-refractivity contribution is 7.13. The average molecular weight is 565 g/mol. The second-order valence-electron chi connectivity index (χ2n) is 9.13. The van der Waals surface area contributed by atoms with E-state index in [1.165, 1.54) is 11.4 Å². The first-order chi connectivity index (χ1) is 17.8. The van der Waals surface area contributed by atoms with Gasteiger partial charge < -0.3 is 24.7 Å². The normalized spacial score (nSPS) is 11.0. The molecule has 4 aromatic rings. The molecule has 0 aliphatic rings. The van der Waals surface area contributed by atoms with Crippen molar-refractivity contribution in [2.45, 2.75) is 20.3 Å². The maximum atomic E-state index is 4.45. The lowest BCUT2D eigenvalue weighted by molar-refractivity contribution is -0.654. The molecule has 39 heavy (non-hydrogen) atoms. The van der Waals surface area contributed by atoms with E-state index in [9.17, 15) is 0 Å². The smallest absolute Gasteiger partial charge is 0.375 e. The molecule has 10 heteroatoms. The maximum absolute atomic E-state index is 4.45. The van der Waals surface area contributed by atoms with Crippen LogP contribution in [-0.2, 0) is 14.1 Å². The van der Waals surface area contributed by atoms with Crippen LogP contribution in [0.4, 0.5) is 33.0 Å². The average Bonchev–Trinajstić information content (AvgIpc) is 3.49. The van der Waals surface area contributed by atoms with Gasteiger partial charge in [-0.05, 0) is 101 Å². The van der Waals surface area contributed by atoms with E-state index in [1.54, 1.807) is 22.7 Å². The van der Waals surface area contributed by atoms with Crippen LogP contribution >= 0.6 is 22.7 Å². The molecule has 208 valence electrons. The van der Waals surface area contributed by atoms with Crippen LogP contribution in [0, 0.1) is 28.7 Å². The first-order valence-electron chi connectivity index (χ1n) is 12.1. The summed E-state index contributed by atoms with van der Waals surface area (Å²) < 4.78 is 3.94. The van der Waals surface area contributed by atoms with Gasteiger partial charge in [0.1, 0.15) is 23.8 Å². The minimum absolute atomic E-state index is 0. The van der Waals surface area contributed by atoms with Crippen molar-refractivity contribution < 1.29 is 9.13 Å². The lowest BCUT2D eigenvalue weighted by Crippen LogP contribution is -2.25. The van der Waals surface area contributed by atoms with Gasteiger partial charge in [-0.2, -0.15) is 0 Å². The van der Waals surface area contributed by atoms with E-state index in [1.807, 2.05) is 58.5 Å². The summed E-state index contributed by atoms with van der Waals surface area (Å²) >= 11 is 3.15. The summed E-state index contributed by atoms with van der Waals surface area (Å²) in [5.41, 5.74) is 6.40. The highest BCUT2D eigenvalue weighted by atomic mass is 32.1. The van der Waals surface area contributed by atoms with E-state index in [4.69, 9.17) is 0 Å². The van der Waals surface area contributed by atoms with Gasteiger partial charge in [-0.25, -0.2) is 9.13 Å². The fraction of sp³-hybridized carbons (Fsp3) is 0.310. The number of aromatic nitrogens is 2. The van der Waals surface area contributed by atoms with E-state index in [2.05, 4.69) is 82.5 Å². The van der Waals surface area contributed by atoms with Gasteiger partial charge in [-0.1, -0.05) is 0 Å². The largest absolute Gasteiger partial charge is 0.408 e. The molecule has 0 fully saturated rings. The molecule has 0 aliphatic carbocycles. The van der Waals surface area contributed by atoms with Crippen LogP contribution < -0.4 is 18.9 Å². The van der Waals surface area contributed by atoms with Crippen molar-refractivity contribution in [3.05, 3.63) is 85.5 Å². The van der Waals surface area contributed by atoms with Crippen molar-refractivity contribution >= 4 is 55.7 Å². The molecule has 0 N–H and O–H groups in total. The molecule has 0 bridgehead atoms. The zero-order chi connectivity index (χ0) is 26.4. The summed E-state index contributed by atoms with van der Waals surface area (Å²) in [7, 11) is 8.23. The summed E-state index contributed by atoms with van der Waals surface area (Å²) in [4.78, 5) is 4.58. The Morgan fingerprint density at radius 2 is 1.08 bits per heavy atom. The van der Waals surface area contributed by atoms with Crippen LogP contribution in [0.15, 0.2) is 80.0 Å². The van der Waals surface area contributed by atoms with Crippen LogP contribution in [-0.4, -0.2) is 27.2 Å². The standard InChI is InChI=1S/C27H34N8S2.2CH3/c1-20-18-22(8-10-24(20)28-30-26-34(5)14-16-36-26)32(3)12-7-13-33(4)23-9-11-25(21(2)19-23)29-31-27-35(6)15-17-37-27;;/h8-11,14-19H,7,12-13H2,1-6H3;2*1H3/q+2;2*-1. The Bertz CT molecular complexity index is 1300. The Kier molecular flexibility index (Phi) is 11.9. The number of nitrogens with zero attached hydrogens (tertiary/aromatic N) is 8. The van der Waals surface area contributed by atoms with Crippen molar-refractivity contribution in [3.63, 3.8) is 0 Å². The highest BCUT2D eigenvalue weighted by Gasteiger charge is 2.11. The Balaban J connectivity index is 0.00000267. The minimum atomic E-state index is 0. The van der Waals surface area contributed by atoms with Crippen molar-refractivity contribution in [2.24, 2.45) is 34.6 Å². The second kappa shape index (κ2) is 14.6. The van der Waals surface area contributed by atoms with E-state index >= 15 is 0 Å². The first-order valence-corrected chi connectivity index (χ1v) is 13.9. The molecule has 0 saturated carbocycles. The number of benzene rings is 2. The van der Waals surface area contributed by atoms with Crippen molar-refractivity contribution in [1.29, 1.82) is 0 Å². The van der Waals surface area contributed by atoms with Gasteiger partial charge in [0.25, 0.3) is 0 Å². The van der Waals surface area contributed by atoms with Crippen molar-refractivity contribution in [2.75, 3.05) is 37.0 Å². The number of hydrogen-bond acceptors (Lipinski definition) is 8. The molecule has 0 spiro atoms. The molecule has 8 nitrogen and oxygen atoms in total. The summed E-state index contributed by atoms with van der Waals surface area (Å²) in [5.74, 6) is 0.